The number of sulfone groups is 1. The average Bonchev–Trinajstić information content (AvgIpc) is 2.28. The van der Waals surface area contributed by atoms with Crippen LogP contribution in [0.4, 0.5) is 0 Å². The van der Waals surface area contributed by atoms with Gasteiger partial charge in [-0.15, -0.1) is 0 Å². The van der Waals surface area contributed by atoms with E-state index in [1.807, 2.05) is 6.07 Å². The highest BCUT2D eigenvalue weighted by Gasteiger charge is 2.31. The molecule has 0 aliphatic rings. The molecule has 1 aromatic carbocycles. The van der Waals surface area contributed by atoms with Crippen LogP contribution < -0.4 is 5.73 Å². The molecule has 1 aromatic rings. The van der Waals surface area contributed by atoms with Crippen LogP contribution in [0.25, 0.3) is 0 Å². The Balaban J connectivity index is 3.01. The number of hydrogen-bond acceptors (Lipinski definition) is 4. The van der Waals surface area contributed by atoms with E-state index in [1.54, 1.807) is 39.0 Å². The van der Waals surface area contributed by atoms with E-state index in [-0.39, 0.29) is 5.75 Å². The molecule has 0 heterocycles. The van der Waals surface area contributed by atoms with E-state index in [1.165, 1.54) is 7.11 Å². The highest BCUT2D eigenvalue weighted by atomic mass is 32.2. The first-order chi connectivity index (χ1) is 8.20. The van der Waals surface area contributed by atoms with Crippen molar-refractivity contribution in [2.45, 2.75) is 37.3 Å². The molecule has 0 spiro atoms. The quantitative estimate of drug-likeness (QED) is 0.881. The Labute approximate surface area is 109 Å². The smallest absolute Gasteiger partial charge is 0.180 e. The van der Waals surface area contributed by atoms with E-state index >= 15 is 0 Å². The van der Waals surface area contributed by atoms with E-state index in [0.717, 1.165) is 5.56 Å². The third-order valence-corrected chi connectivity index (χ3v) is 5.17. The highest BCUT2D eigenvalue weighted by molar-refractivity contribution is 7.91. The summed E-state index contributed by atoms with van der Waals surface area (Å²) in [6.07, 6.45) is 0. The van der Waals surface area contributed by atoms with Crippen molar-refractivity contribution in [3.05, 3.63) is 29.8 Å². The van der Waals surface area contributed by atoms with Crippen LogP contribution >= 0.6 is 0 Å². The molecule has 0 amide bonds. The van der Waals surface area contributed by atoms with Crippen molar-refractivity contribution in [1.82, 2.24) is 0 Å². The standard InChI is InChI=1S/C13H21NO3S/c1-10-7-5-6-8-11(10)18(15,16)9-12(14)13(2,3)17-4/h5-8,12H,9,14H2,1-4H3. The molecule has 18 heavy (non-hydrogen) atoms. The van der Waals surface area contributed by atoms with Crippen molar-refractivity contribution in [2.75, 3.05) is 12.9 Å². The van der Waals surface area contributed by atoms with Gasteiger partial charge in [-0.3, -0.25) is 0 Å². The first-order valence-corrected chi connectivity index (χ1v) is 7.45. The molecule has 0 saturated carbocycles. The average molecular weight is 271 g/mol. The van der Waals surface area contributed by atoms with Crippen LogP contribution in [0, 0.1) is 6.92 Å². The number of nitrogens with two attached hydrogens (primary N) is 1. The second kappa shape index (κ2) is 5.38. The van der Waals surface area contributed by atoms with Gasteiger partial charge in [0.15, 0.2) is 9.84 Å². The topological polar surface area (TPSA) is 69.4 Å². The van der Waals surface area contributed by atoms with Gasteiger partial charge in [0.2, 0.25) is 0 Å². The van der Waals surface area contributed by atoms with Crippen LogP contribution in [0.15, 0.2) is 29.2 Å². The van der Waals surface area contributed by atoms with Crippen LogP contribution in [0.5, 0.6) is 0 Å². The van der Waals surface area contributed by atoms with Crippen molar-refractivity contribution in [3.8, 4) is 0 Å². The highest BCUT2D eigenvalue weighted by Crippen LogP contribution is 2.20. The third kappa shape index (κ3) is 3.31. The Morgan fingerprint density at radius 3 is 2.39 bits per heavy atom. The predicted octanol–water partition coefficient (Wildman–Crippen LogP) is 1.52. The van der Waals surface area contributed by atoms with Crippen LogP contribution in [0.2, 0.25) is 0 Å². The zero-order valence-electron chi connectivity index (χ0n) is 11.3. The molecular formula is C13H21NO3S. The largest absolute Gasteiger partial charge is 0.377 e. The van der Waals surface area contributed by atoms with Gasteiger partial charge in [-0.05, 0) is 32.4 Å². The zero-order chi connectivity index (χ0) is 14.0. The Hall–Kier alpha value is -0.910. The van der Waals surface area contributed by atoms with Crippen molar-refractivity contribution >= 4 is 9.84 Å². The molecule has 4 nitrogen and oxygen atoms in total. The predicted molar refractivity (Wildman–Crippen MR) is 72.3 cm³/mol. The number of hydrogen-bond donors (Lipinski definition) is 1. The molecule has 102 valence electrons. The summed E-state index contributed by atoms with van der Waals surface area (Å²) in [7, 11) is -1.86. The van der Waals surface area contributed by atoms with Gasteiger partial charge >= 0.3 is 0 Å². The molecule has 2 N–H and O–H groups in total. The number of benzene rings is 1. The van der Waals surface area contributed by atoms with E-state index in [2.05, 4.69) is 0 Å². The van der Waals surface area contributed by atoms with Gasteiger partial charge in [0, 0.05) is 13.2 Å². The van der Waals surface area contributed by atoms with E-state index in [9.17, 15) is 8.42 Å². The van der Waals surface area contributed by atoms with Crippen molar-refractivity contribution in [3.63, 3.8) is 0 Å². The van der Waals surface area contributed by atoms with E-state index in [4.69, 9.17) is 10.5 Å². The second-order valence-corrected chi connectivity index (χ2v) is 6.96. The first-order valence-electron chi connectivity index (χ1n) is 5.80. The molecule has 0 fully saturated rings. The fourth-order valence-corrected chi connectivity index (χ4v) is 3.48. The fraction of sp³-hybridized carbons (Fsp3) is 0.538. The van der Waals surface area contributed by atoms with Gasteiger partial charge in [0.05, 0.1) is 16.2 Å². The van der Waals surface area contributed by atoms with Crippen LogP contribution in [0.3, 0.4) is 0 Å². The Bertz CT molecular complexity index is 509. The minimum absolute atomic E-state index is 0.126. The molecule has 1 rings (SSSR count). The maximum Gasteiger partial charge on any atom is 0.180 e. The zero-order valence-corrected chi connectivity index (χ0v) is 12.1. The van der Waals surface area contributed by atoms with Gasteiger partial charge in [-0.25, -0.2) is 8.42 Å². The molecule has 0 bridgehead atoms. The minimum atomic E-state index is -3.39. The number of aryl methyl sites for hydroxylation is 1. The SMILES string of the molecule is COC(C)(C)C(N)CS(=O)(=O)c1ccccc1C. The summed E-state index contributed by atoms with van der Waals surface area (Å²) in [5.74, 6) is -0.126. The first kappa shape index (κ1) is 15.1. The summed E-state index contributed by atoms with van der Waals surface area (Å²) < 4.78 is 29.8. The lowest BCUT2D eigenvalue weighted by Crippen LogP contribution is -2.48. The van der Waals surface area contributed by atoms with Crippen molar-refractivity contribution in [1.29, 1.82) is 0 Å². The second-order valence-electron chi connectivity index (χ2n) is 4.96. The lowest BCUT2D eigenvalue weighted by Gasteiger charge is -2.29. The molecule has 5 heteroatoms. The van der Waals surface area contributed by atoms with Gasteiger partial charge < -0.3 is 10.5 Å². The molecule has 1 unspecified atom stereocenters. The molecule has 0 radical (unpaired) electrons. The van der Waals surface area contributed by atoms with Gasteiger partial charge in [0.1, 0.15) is 0 Å². The van der Waals surface area contributed by atoms with Crippen LogP contribution in [-0.4, -0.2) is 32.9 Å². The van der Waals surface area contributed by atoms with E-state index in [0.29, 0.717) is 4.90 Å². The van der Waals surface area contributed by atoms with Crippen molar-refractivity contribution < 1.29 is 13.2 Å². The molecule has 0 aromatic heterocycles. The van der Waals surface area contributed by atoms with Crippen LogP contribution in [-0.2, 0) is 14.6 Å². The number of methoxy groups -OCH3 is 1. The van der Waals surface area contributed by atoms with Crippen LogP contribution in [0.1, 0.15) is 19.4 Å². The van der Waals surface area contributed by atoms with E-state index < -0.39 is 21.5 Å². The maximum atomic E-state index is 12.3. The summed E-state index contributed by atoms with van der Waals surface area (Å²) in [4.78, 5) is 0.340. The molecular weight excluding hydrogens is 250 g/mol. The van der Waals surface area contributed by atoms with Gasteiger partial charge in [-0.1, -0.05) is 18.2 Å². The maximum absolute atomic E-state index is 12.3. The minimum Gasteiger partial charge on any atom is -0.377 e. The Morgan fingerprint density at radius 2 is 1.89 bits per heavy atom. The Morgan fingerprint density at radius 1 is 1.33 bits per heavy atom. The molecule has 0 saturated heterocycles. The van der Waals surface area contributed by atoms with Gasteiger partial charge in [-0.2, -0.15) is 0 Å². The normalized spacial score (nSPS) is 14.5. The molecule has 1 atom stereocenters. The molecule has 0 aliphatic heterocycles. The lowest BCUT2D eigenvalue weighted by atomic mass is 10.0. The summed E-state index contributed by atoms with van der Waals surface area (Å²) in [5, 5.41) is 0. The molecule has 0 aliphatic carbocycles. The van der Waals surface area contributed by atoms with Crippen molar-refractivity contribution in [2.24, 2.45) is 5.73 Å². The monoisotopic (exact) mass is 271 g/mol. The summed E-state index contributed by atoms with van der Waals surface area (Å²) >= 11 is 0. The summed E-state index contributed by atoms with van der Waals surface area (Å²) in [6.45, 7) is 5.34. The summed E-state index contributed by atoms with van der Waals surface area (Å²) in [5.41, 5.74) is 6.00. The summed E-state index contributed by atoms with van der Waals surface area (Å²) in [6, 6.07) is 6.34. The fourth-order valence-electron chi connectivity index (χ4n) is 1.58. The Kier molecular flexibility index (Phi) is 4.53. The number of ether oxygens (including phenoxy) is 1. The number of rotatable bonds is 5. The lowest BCUT2D eigenvalue weighted by molar-refractivity contribution is 0.00624. The third-order valence-electron chi connectivity index (χ3n) is 3.25. The van der Waals surface area contributed by atoms with Gasteiger partial charge in [0.25, 0.3) is 0 Å².